The number of hydrogen-bond acceptors (Lipinski definition) is 2. The van der Waals surface area contributed by atoms with Gasteiger partial charge in [0.25, 0.3) is 0 Å². The zero-order chi connectivity index (χ0) is 33.6. The molecule has 0 radical (unpaired) electrons. The molecule has 0 amide bonds. The van der Waals surface area contributed by atoms with Crippen molar-refractivity contribution in [1.82, 2.24) is 18.9 Å². The Balaban J connectivity index is 1.13. The lowest BCUT2D eigenvalue weighted by Crippen LogP contribution is -2.00. The third-order valence-electron chi connectivity index (χ3n) is 10.6. The minimum atomic E-state index is 0.933. The van der Waals surface area contributed by atoms with Gasteiger partial charge in [-0.1, -0.05) is 133 Å². The van der Waals surface area contributed by atoms with E-state index in [1.165, 1.54) is 38.0 Å². The highest BCUT2D eigenvalue weighted by atomic mass is 15.1. The SMILES string of the molecule is Cc1ccccc1-n1c(-c2ccc(-c3ccc4c5ccccc5n5c6ccccc6nc5c4c3)cc2)nc2c3ccccc3c3ccccc3c21. The van der Waals surface area contributed by atoms with Crippen molar-refractivity contribution in [3.63, 3.8) is 0 Å². The number of hydrogen-bond donors (Lipinski definition) is 0. The van der Waals surface area contributed by atoms with Crippen molar-refractivity contribution in [1.29, 1.82) is 0 Å². The van der Waals surface area contributed by atoms with Gasteiger partial charge in [-0.25, -0.2) is 9.97 Å². The Morgan fingerprint density at radius 1 is 0.431 bits per heavy atom. The monoisotopic (exact) mass is 650 g/mol. The van der Waals surface area contributed by atoms with Gasteiger partial charge in [-0.2, -0.15) is 0 Å². The molecule has 0 aliphatic carbocycles. The van der Waals surface area contributed by atoms with Crippen molar-refractivity contribution in [2.45, 2.75) is 6.92 Å². The molecule has 3 heterocycles. The molecule has 0 aliphatic rings. The molecule has 4 heteroatoms. The fourth-order valence-electron chi connectivity index (χ4n) is 8.25. The van der Waals surface area contributed by atoms with Gasteiger partial charge in [0.15, 0.2) is 0 Å². The van der Waals surface area contributed by atoms with E-state index in [0.717, 1.165) is 66.7 Å². The summed E-state index contributed by atoms with van der Waals surface area (Å²) < 4.78 is 4.68. The van der Waals surface area contributed by atoms with Gasteiger partial charge in [0.2, 0.25) is 0 Å². The number of imidazole rings is 2. The van der Waals surface area contributed by atoms with Crippen LogP contribution in [0.15, 0.2) is 164 Å². The fraction of sp³-hybridized carbons (Fsp3) is 0.0213. The van der Waals surface area contributed by atoms with E-state index in [1.807, 2.05) is 0 Å². The molecule has 0 saturated heterocycles. The number of aromatic nitrogens is 4. The van der Waals surface area contributed by atoms with Crippen LogP contribution in [0.4, 0.5) is 0 Å². The lowest BCUT2D eigenvalue weighted by molar-refractivity contribution is 1.09. The number of para-hydroxylation sites is 4. The third-order valence-corrected chi connectivity index (χ3v) is 10.6. The Hall–Kier alpha value is -6.78. The first-order valence-corrected chi connectivity index (χ1v) is 17.4. The molecule has 0 spiro atoms. The van der Waals surface area contributed by atoms with E-state index in [2.05, 4.69) is 180 Å². The molecule has 0 unspecified atom stereocenters. The summed E-state index contributed by atoms with van der Waals surface area (Å²) in [4.78, 5) is 10.6. The molecular weight excluding hydrogens is 621 g/mol. The van der Waals surface area contributed by atoms with Gasteiger partial charge in [0.05, 0.1) is 33.3 Å². The summed E-state index contributed by atoms with van der Waals surface area (Å²) in [5, 5.41) is 8.40. The quantitative estimate of drug-likeness (QED) is 0.178. The smallest absolute Gasteiger partial charge is 0.146 e. The van der Waals surface area contributed by atoms with Crippen molar-refractivity contribution in [2.75, 3.05) is 0 Å². The number of benzene rings is 8. The molecule has 238 valence electrons. The first kappa shape index (κ1) is 28.1. The summed E-state index contributed by atoms with van der Waals surface area (Å²) in [6.45, 7) is 2.18. The zero-order valence-corrected chi connectivity index (χ0v) is 27.9. The van der Waals surface area contributed by atoms with Crippen molar-refractivity contribution in [2.24, 2.45) is 0 Å². The summed E-state index contributed by atoms with van der Waals surface area (Å²) in [7, 11) is 0. The van der Waals surface area contributed by atoms with Crippen LogP contribution in [0.3, 0.4) is 0 Å². The molecule has 0 fully saturated rings. The Bertz CT molecular complexity index is 3200. The molecule has 8 aromatic carbocycles. The highest BCUT2D eigenvalue weighted by molar-refractivity contribution is 6.24. The minimum Gasteiger partial charge on any atom is -0.292 e. The maximum Gasteiger partial charge on any atom is 0.146 e. The summed E-state index contributed by atoms with van der Waals surface area (Å²) in [5.41, 5.74) is 12.1. The standard InChI is InChI=1S/C47H30N4/c1-29-12-2-9-19-41(29)51-45-38-17-6-4-14-34(38)33-13-3-5-16-37(33)44(45)49-46(51)31-24-22-30(23-25-31)32-26-27-35-36-15-7-10-20-42(36)50-43-21-11-8-18-40(43)48-47(50)39(35)28-32/h2-28H,1H3. The van der Waals surface area contributed by atoms with E-state index in [4.69, 9.17) is 9.97 Å². The molecule has 0 aliphatic heterocycles. The predicted octanol–water partition coefficient (Wildman–Crippen LogP) is 12.1. The summed E-state index contributed by atoms with van der Waals surface area (Å²) in [5.74, 6) is 0.933. The van der Waals surface area contributed by atoms with Gasteiger partial charge in [-0.3, -0.25) is 8.97 Å². The molecule has 0 bridgehead atoms. The first-order valence-electron chi connectivity index (χ1n) is 17.4. The second-order valence-electron chi connectivity index (χ2n) is 13.5. The van der Waals surface area contributed by atoms with Gasteiger partial charge >= 0.3 is 0 Å². The van der Waals surface area contributed by atoms with Crippen LogP contribution in [0.5, 0.6) is 0 Å². The van der Waals surface area contributed by atoms with Crippen LogP contribution in [-0.4, -0.2) is 18.9 Å². The summed E-state index contributed by atoms with van der Waals surface area (Å²) in [6, 6.07) is 58.7. The van der Waals surface area contributed by atoms with Gasteiger partial charge in [-0.05, 0) is 70.1 Å². The normalized spacial score (nSPS) is 12.0. The van der Waals surface area contributed by atoms with E-state index in [1.54, 1.807) is 0 Å². The maximum atomic E-state index is 5.46. The van der Waals surface area contributed by atoms with Crippen LogP contribution in [0, 0.1) is 6.92 Å². The lowest BCUT2D eigenvalue weighted by Gasteiger charge is -2.15. The van der Waals surface area contributed by atoms with Crippen molar-refractivity contribution >= 4 is 70.9 Å². The Morgan fingerprint density at radius 2 is 1.02 bits per heavy atom. The third kappa shape index (κ3) is 4.02. The van der Waals surface area contributed by atoms with Gasteiger partial charge in [0.1, 0.15) is 11.5 Å². The van der Waals surface area contributed by atoms with Gasteiger partial charge in [0, 0.05) is 27.1 Å². The first-order chi connectivity index (χ1) is 25.2. The number of aryl methyl sites for hydroxylation is 1. The molecule has 4 nitrogen and oxygen atoms in total. The average Bonchev–Trinajstić information content (AvgIpc) is 3.79. The zero-order valence-electron chi connectivity index (χ0n) is 27.9. The van der Waals surface area contributed by atoms with Crippen molar-refractivity contribution in [3.8, 4) is 28.2 Å². The van der Waals surface area contributed by atoms with E-state index in [0.29, 0.717) is 0 Å². The highest BCUT2D eigenvalue weighted by Crippen LogP contribution is 2.40. The number of nitrogens with zero attached hydrogens (tertiary/aromatic N) is 4. The molecule has 51 heavy (non-hydrogen) atoms. The highest BCUT2D eigenvalue weighted by Gasteiger charge is 2.21. The Kier molecular flexibility index (Phi) is 5.84. The number of pyridine rings is 1. The van der Waals surface area contributed by atoms with Crippen LogP contribution in [0.1, 0.15) is 5.56 Å². The Morgan fingerprint density at radius 3 is 1.82 bits per heavy atom. The van der Waals surface area contributed by atoms with Crippen LogP contribution in [0.25, 0.3) is 99.1 Å². The average molecular weight is 651 g/mol. The van der Waals surface area contributed by atoms with Gasteiger partial charge in [-0.15, -0.1) is 0 Å². The number of fused-ring (bicyclic) bond motifs is 14. The largest absolute Gasteiger partial charge is 0.292 e. The van der Waals surface area contributed by atoms with E-state index < -0.39 is 0 Å². The predicted molar refractivity (Wildman–Crippen MR) is 213 cm³/mol. The van der Waals surface area contributed by atoms with E-state index >= 15 is 0 Å². The molecule has 11 aromatic rings. The molecule has 11 rings (SSSR count). The van der Waals surface area contributed by atoms with Crippen LogP contribution in [-0.2, 0) is 0 Å². The van der Waals surface area contributed by atoms with Crippen molar-refractivity contribution in [3.05, 3.63) is 169 Å². The summed E-state index contributed by atoms with van der Waals surface area (Å²) in [6.07, 6.45) is 0. The minimum absolute atomic E-state index is 0.933. The molecule has 0 saturated carbocycles. The van der Waals surface area contributed by atoms with Crippen LogP contribution in [0.2, 0.25) is 0 Å². The molecule has 0 N–H and O–H groups in total. The molecule has 3 aromatic heterocycles. The topological polar surface area (TPSA) is 35.1 Å². The maximum absolute atomic E-state index is 5.46. The van der Waals surface area contributed by atoms with E-state index in [-0.39, 0.29) is 0 Å². The summed E-state index contributed by atoms with van der Waals surface area (Å²) >= 11 is 0. The second kappa shape index (κ2) is 10.6. The lowest BCUT2D eigenvalue weighted by atomic mass is 9.98. The van der Waals surface area contributed by atoms with Crippen molar-refractivity contribution < 1.29 is 0 Å². The number of rotatable bonds is 3. The Labute approximate surface area is 293 Å². The van der Waals surface area contributed by atoms with Crippen LogP contribution >= 0.6 is 0 Å². The molecular formula is C47H30N4. The van der Waals surface area contributed by atoms with Crippen LogP contribution < -0.4 is 0 Å². The van der Waals surface area contributed by atoms with E-state index in [9.17, 15) is 0 Å². The van der Waals surface area contributed by atoms with Gasteiger partial charge < -0.3 is 0 Å². The second-order valence-corrected chi connectivity index (χ2v) is 13.5. The molecule has 0 atom stereocenters. The fourth-order valence-corrected chi connectivity index (χ4v) is 8.25.